The minimum Gasteiger partial charge on any atom is -0.373 e. The van der Waals surface area contributed by atoms with E-state index in [1.54, 1.807) is 0 Å². The molecule has 126 valence electrons. The van der Waals surface area contributed by atoms with Gasteiger partial charge in [-0.05, 0) is 6.66 Å². The monoisotopic (exact) mass is 340 g/mol. The molecule has 1 rings (SSSR count). The van der Waals surface area contributed by atoms with Gasteiger partial charge >= 0.3 is 0 Å². The maximum absolute atomic E-state index is 11.5. The van der Waals surface area contributed by atoms with E-state index in [0.717, 1.165) is 58.6 Å². The van der Waals surface area contributed by atoms with Crippen LogP contribution in [0.5, 0.6) is 0 Å². The Bertz CT molecular complexity index is 314. The van der Waals surface area contributed by atoms with Crippen molar-refractivity contribution < 1.29 is 14.4 Å². The van der Waals surface area contributed by atoms with Crippen LogP contribution in [0.4, 0.5) is 0 Å². The molecule has 0 radical (unpaired) electrons. The Morgan fingerprint density at radius 3 is 1.86 bits per heavy atom. The highest BCUT2D eigenvalue weighted by atomic mass is 31.2. The average Bonchev–Trinajstić information content (AvgIpc) is 2.32. The molecule has 1 heterocycles. The zero-order valence-electron chi connectivity index (χ0n) is 13.2. The quantitative estimate of drug-likeness (QED) is 0.519. The van der Waals surface area contributed by atoms with E-state index in [2.05, 4.69) is 15.5 Å². The molecule has 0 bridgehead atoms. The van der Waals surface area contributed by atoms with Crippen LogP contribution in [0.1, 0.15) is 0 Å². The van der Waals surface area contributed by atoms with Gasteiger partial charge in [0.15, 0.2) is 0 Å². The number of hydrogen-bond acceptors (Lipinski definition) is 6. The van der Waals surface area contributed by atoms with Gasteiger partial charge in [0.1, 0.15) is 0 Å². The predicted molar refractivity (Wildman–Crippen MR) is 89.4 cm³/mol. The lowest BCUT2D eigenvalue weighted by Crippen LogP contribution is -2.43. The summed E-state index contributed by atoms with van der Waals surface area (Å²) >= 11 is 0. The van der Waals surface area contributed by atoms with Crippen molar-refractivity contribution in [3.63, 3.8) is 0 Å². The standard InChI is InChI=1S/C12H30N4O3P2/c1-20(17)11-15-7-3-13-5-9-16(12-21(2,18)19)10-6-14-4-8-15/h13-14,17H,3-12H2,1-2H3,(H,18,19). The molecule has 2 atom stereocenters. The van der Waals surface area contributed by atoms with E-state index in [-0.39, 0.29) is 6.29 Å². The third-order valence-corrected chi connectivity index (χ3v) is 5.02. The SMILES string of the molecule is CP(O)CN1CCNCCN(CP(C)(=O)O)CCNCC1. The van der Waals surface area contributed by atoms with Crippen LogP contribution in [-0.2, 0) is 4.57 Å². The van der Waals surface area contributed by atoms with Crippen molar-refractivity contribution in [1.82, 2.24) is 20.4 Å². The summed E-state index contributed by atoms with van der Waals surface area (Å²) in [6.45, 7) is 10.1. The third-order valence-electron chi connectivity index (χ3n) is 3.29. The Hall–Kier alpha value is 0.420. The molecule has 0 aromatic rings. The van der Waals surface area contributed by atoms with Crippen LogP contribution in [0, 0.1) is 0 Å². The largest absolute Gasteiger partial charge is 0.373 e. The molecule has 9 heteroatoms. The van der Waals surface area contributed by atoms with Gasteiger partial charge in [0.05, 0.1) is 6.29 Å². The fourth-order valence-electron chi connectivity index (χ4n) is 2.37. The fourth-order valence-corrected chi connectivity index (χ4v) is 4.25. The van der Waals surface area contributed by atoms with Crippen molar-refractivity contribution in [3.8, 4) is 0 Å². The summed E-state index contributed by atoms with van der Waals surface area (Å²) in [4.78, 5) is 23.4. The molecule has 0 aromatic heterocycles. The van der Waals surface area contributed by atoms with Crippen molar-refractivity contribution >= 4 is 15.5 Å². The van der Waals surface area contributed by atoms with E-state index in [1.807, 2.05) is 11.6 Å². The van der Waals surface area contributed by atoms with Gasteiger partial charge in [-0.2, -0.15) is 0 Å². The lowest BCUT2D eigenvalue weighted by atomic mass is 10.4. The summed E-state index contributed by atoms with van der Waals surface area (Å²) in [7, 11) is -3.89. The number of hydrogen-bond donors (Lipinski definition) is 4. The first-order valence-electron chi connectivity index (χ1n) is 7.42. The maximum atomic E-state index is 11.5. The first kappa shape index (κ1) is 19.5. The first-order chi connectivity index (χ1) is 9.87. The Morgan fingerprint density at radius 2 is 1.48 bits per heavy atom. The Morgan fingerprint density at radius 1 is 1.05 bits per heavy atom. The Balaban J connectivity index is 2.40. The van der Waals surface area contributed by atoms with Crippen molar-refractivity contribution in [2.24, 2.45) is 0 Å². The molecule has 0 aromatic carbocycles. The lowest BCUT2D eigenvalue weighted by Gasteiger charge is -2.27. The van der Waals surface area contributed by atoms with Crippen LogP contribution >= 0.6 is 15.5 Å². The molecule has 0 spiro atoms. The van der Waals surface area contributed by atoms with Gasteiger partial charge < -0.3 is 20.4 Å². The molecule has 4 N–H and O–H groups in total. The smallest absolute Gasteiger partial charge is 0.211 e. The number of rotatable bonds is 4. The van der Waals surface area contributed by atoms with Crippen molar-refractivity contribution in [3.05, 3.63) is 0 Å². The van der Waals surface area contributed by atoms with E-state index in [4.69, 9.17) is 0 Å². The van der Waals surface area contributed by atoms with E-state index >= 15 is 0 Å². The highest BCUT2D eigenvalue weighted by Crippen LogP contribution is 2.35. The Labute approximate surface area is 129 Å². The molecule has 1 fully saturated rings. The fraction of sp³-hybridized carbons (Fsp3) is 1.00. The highest BCUT2D eigenvalue weighted by molar-refractivity contribution is 7.57. The van der Waals surface area contributed by atoms with Gasteiger partial charge in [-0.3, -0.25) is 14.4 Å². The van der Waals surface area contributed by atoms with Gasteiger partial charge in [-0.25, -0.2) is 0 Å². The zero-order valence-corrected chi connectivity index (χ0v) is 15.0. The van der Waals surface area contributed by atoms with E-state index < -0.39 is 15.5 Å². The predicted octanol–water partition coefficient (Wildman–Crippen LogP) is -0.383. The number of nitrogens with zero attached hydrogens (tertiary/aromatic N) is 2. The zero-order chi connectivity index (χ0) is 15.7. The molecule has 0 aliphatic carbocycles. The molecular formula is C12H30N4O3P2. The van der Waals surface area contributed by atoms with E-state index in [0.29, 0.717) is 0 Å². The third kappa shape index (κ3) is 10.7. The second-order valence-electron chi connectivity index (χ2n) is 5.73. The second kappa shape index (κ2) is 10.2. The molecule has 1 saturated heterocycles. The van der Waals surface area contributed by atoms with Gasteiger partial charge in [-0.15, -0.1) is 0 Å². The molecule has 0 saturated carbocycles. The highest BCUT2D eigenvalue weighted by Gasteiger charge is 2.16. The van der Waals surface area contributed by atoms with E-state index in [9.17, 15) is 14.4 Å². The average molecular weight is 340 g/mol. The second-order valence-corrected chi connectivity index (χ2v) is 9.71. The van der Waals surface area contributed by atoms with Crippen LogP contribution in [0.3, 0.4) is 0 Å². The summed E-state index contributed by atoms with van der Waals surface area (Å²) < 4.78 is 11.5. The summed E-state index contributed by atoms with van der Waals surface area (Å²) in [5.41, 5.74) is 0. The van der Waals surface area contributed by atoms with E-state index in [1.165, 1.54) is 6.66 Å². The van der Waals surface area contributed by atoms with Crippen molar-refractivity contribution in [2.45, 2.75) is 0 Å². The van der Waals surface area contributed by atoms with Crippen LogP contribution < -0.4 is 10.6 Å². The molecule has 1 aliphatic heterocycles. The topological polar surface area (TPSA) is 88.1 Å². The van der Waals surface area contributed by atoms with Crippen LogP contribution in [-0.4, -0.2) is 97.8 Å². The molecule has 21 heavy (non-hydrogen) atoms. The normalized spacial score (nSPS) is 25.5. The van der Waals surface area contributed by atoms with Gasteiger partial charge in [0.2, 0.25) is 7.37 Å². The maximum Gasteiger partial charge on any atom is 0.211 e. The van der Waals surface area contributed by atoms with Gasteiger partial charge in [-0.1, -0.05) is 0 Å². The summed E-state index contributed by atoms with van der Waals surface area (Å²) in [6.07, 6.45) is 1.02. The van der Waals surface area contributed by atoms with Crippen molar-refractivity contribution in [1.29, 1.82) is 0 Å². The molecular weight excluding hydrogens is 310 g/mol. The first-order valence-corrected chi connectivity index (χ1v) is 11.6. The van der Waals surface area contributed by atoms with Gasteiger partial charge in [0, 0.05) is 73.5 Å². The van der Waals surface area contributed by atoms with Crippen LogP contribution in [0.25, 0.3) is 0 Å². The minimum absolute atomic E-state index is 0.257. The molecule has 7 nitrogen and oxygen atoms in total. The molecule has 0 amide bonds. The Kier molecular flexibility index (Phi) is 9.49. The summed E-state index contributed by atoms with van der Waals surface area (Å²) in [5, 5.41) is 6.75. The number of nitrogens with one attached hydrogen (secondary N) is 2. The lowest BCUT2D eigenvalue weighted by molar-refractivity contribution is 0.270. The molecule has 2 unspecified atom stereocenters. The van der Waals surface area contributed by atoms with Crippen LogP contribution in [0.2, 0.25) is 0 Å². The van der Waals surface area contributed by atoms with Crippen LogP contribution in [0.15, 0.2) is 0 Å². The minimum atomic E-state index is -3.00. The molecule has 1 aliphatic rings. The van der Waals surface area contributed by atoms with Crippen molar-refractivity contribution in [2.75, 3.05) is 78.3 Å². The summed E-state index contributed by atoms with van der Waals surface area (Å²) in [5.74, 6) is 0. The summed E-state index contributed by atoms with van der Waals surface area (Å²) in [6, 6.07) is 0. The van der Waals surface area contributed by atoms with Gasteiger partial charge in [0.25, 0.3) is 0 Å².